The SMILES string of the molecule is CC(C)N1C(=O)N(c2ccc(N3CCN(c4ccc(OC[C@H]5OC[C@](Cn6cncn6)(c6ccc(F)cc6F)O5)cc4)CC3)cc2)CC1CC(=O)C1CC1. The molecular weight excluding hydrogens is 696 g/mol. The average Bonchev–Trinajstić information content (AvgIpc) is 3.61. The van der Waals surface area contributed by atoms with E-state index in [0.29, 0.717) is 18.7 Å². The second-order valence-electron chi connectivity index (χ2n) is 14.9. The van der Waals surface area contributed by atoms with E-state index in [9.17, 15) is 18.4 Å². The van der Waals surface area contributed by atoms with Crippen molar-refractivity contribution in [3.05, 3.63) is 96.6 Å². The summed E-state index contributed by atoms with van der Waals surface area (Å²) in [5, 5.41) is 4.14. The minimum atomic E-state index is -1.24. The zero-order valence-electron chi connectivity index (χ0n) is 30.5. The van der Waals surface area contributed by atoms with Gasteiger partial charge in [0, 0.05) is 79.8 Å². The number of rotatable bonds is 13. The number of anilines is 3. The number of hydrogen-bond donors (Lipinski definition) is 0. The van der Waals surface area contributed by atoms with E-state index < -0.39 is 23.5 Å². The standard InChI is InChI=1S/C40H45F2N7O5/c1-27(2)49-33(20-37(50)28-3-4-28)21-48(39(49)51)32-8-6-30(7-9-32)45-15-17-46(18-16-45)31-10-12-34(13-11-31)52-22-38-53-24-40(54-38,23-47-26-43-25-44-47)35-14-5-29(41)19-36(35)42/h5-14,19,25-28,33,38H,3-4,15-18,20-24H2,1-2H3/t33?,38-,40+/m0/s1. The minimum Gasteiger partial charge on any atom is -0.488 e. The van der Waals surface area contributed by atoms with Crippen LogP contribution in [0.25, 0.3) is 0 Å². The molecule has 4 aliphatic rings. The van der Waals surface area contributed by atoms with Crippen LogP contribution in [0.1, 0.15) is 38.7 Å². The summed E-state index contributed by atoms with van der Waals surface area (Å²) in [5.74, 6) is -0.279. The van der Waals surface area contributed by atoms with Crippen LogP contribution >= 0.6 is 0 Å². The highest BCUT2D eigenvalue weighted by Gasteiger charge is 2.46. The topological polar surface area (TPSA) is 106 Å². The zero-order valence-corrected chi connectivity index (χ0v) is 30.5. The molecule has 1 aromatic heterocycles. The quantitative estimate of drug-likeness (QED) is 0.173. The number of ketones is 1. The lowest BCUT2D eigenvalue weighted by Crippen LogP contribution is -2.46. The highest BCUT2D eigenvalue weighted by molar-refractivity contribution is 5.96. The number of halogens is 2. The van der Waals surface area contributed by atoms with Crippen molar-refractivity contribution in [2.24, 2.45) is 5.92 Å². The smallest absolute Gasteiger partial charge is 0.325 e. The fraction of sp³-hybridized carbons (Fsp3) is 0.450. The summed E-state index contributed by atoms with van der Waals surface area (Å²) in [5.41, 5.74) is 1.99. The molecule has 8 rings (SSSR count). The van der Waals surface area contributed by atoms with Gasteiger partial charge in [-0.15, -0.1) is 0 Å². The average molecular weight is 742 g/mol. The van der Waals surface area contributed by atoms with E-state index in [1.54, 1.807) is 0 Å². The van der Waals surface area contributed by atoms with Gasteiger partial charge in [-0.2, -0.15) is 5.10 Å². The molecule has 4 aromatic rings. The second kappa shape index (κ2) is 15.0. The first-order valence-corrected chi connectivity index (χ1v) is 18.7. The molecule has 0 bridgehead atoms. The molecule has 14 heteroatoms. The fourth-order valence-electron chi connectivity index (χ4n) is 7.86. The highest BCUT2D eigenvalue weighted by atomic mass is 19.1. The third kappa shape index (κ3) is 7.49. The fourth-order valence-corrected chi connectivity index (χ4v) is 7.86. The van der Waals surface area contributed by atoms with Crippen LogP contribution in [0.5, 0.6) is 5.75 Å². The van der Waals surface area contributed by atoms with Gasteiger partial charge in [-0.1, -0.05) is 6.07 Å². The molecule has 4 fully saturated rings. The molecule has 3 saturated heterocycles. The Labute approximate surface area is 313 Å². The highest BCUT2D eigenvalue weighted by Crippen LogP contribution is 2.38. The maximum absolute atomic E-state index is 14.9. The van der Waals surface area contributed by atoms with Gasteiger partial charge in [0.05, 0.1) is 19.2 Å². The normalized spacial score (nSPS) is 23.2. The van der Waals surface area contributed by atoms with Gasteiger partial charge in [-0.25, -0.2) is 23.2 Å². The summed E-state index contributed by atoms with van der Waals surface area (Å²) in [6.45, 7) is 8.14. The van der Waals surface area contributed by atoms with Crippen LogP contribution in [0.15, 0.2) is 79.4 Å². The molecule has 0 N–H and O–H groups in total. The lowest BCUT2D eigenvalue weighted by atomic mass is 9.94. The monoisotopic (exact) mass is 741 g/mol. The second-order valence-corrected chi connectivity index (χ2v) is 14.9. The molecule has 0 spiro atoms. The van der Waals surface area contributed by atoms with Crippen LogP contribution in [0.4, 0.5) is 30.6 Å². The summed E-state index contributed by atoms with van der Waals surface area (Å²) < 4.78 is 48.4. The summed E-state index contributed by atoms with van der Waals surface area (Å²) >= 11 is 0. The molecule has 4 heterocycles. The van der Waals surface area contributed by atoms with Crippen LogP contribution in [0.3, 0.4) is 0 Å². The number of urea groups is 1. The molecule has 12 nitrogen and oxygen atoms in total. The predicted molar refractivity (Wildman–Crippen MR) is 198 cm³/mol. The number of piperazine rings is 1. The van der Waals surface area contributed by atoms with E-state index in [-0.39, 0.29) is 55.1 Å². The van der Waals surface area contributed by atoms with Gasteiger partial charge in [0.1, 0.15) is 48.0 Å². The Morgan fingerprint density at radius 2 is 1.61 bits per heavy atom. The van der Waals surface area contributed by atoms with Crippen molar-refractivity contribution in [2.75, 3.05) is 60.6 Å². The lowest BCUT2D eigenvalue weighted by Gasteiger charge is -2.37. The Hall–Kier alpha value is -5.08. The number of ether oxygens (including phenoxy) is 3. The number of amides is 2. The maximum atomic E-state index is 14.9. The molecule has 54 heavy (non-hydrogen) atoms. The van der Waals surface area contributed by atoms with Crippen molar-refractivity contribution < 1.29 is 32.6 Å². The molecule has 2 amide bonds. The van der Waals surface area contributed by atoms with Crippen LogP contribution in [-0.4, -0.2) is 95.8 Å². The van der Waals surface area contributed by atoms with Gasteiger partial charge >= 0.3 is 6.03 Å². The van der Waals surface area contributed by atoms with E-state index in [2.05, 4.69) is 32.0 Å². The summed E-state index contributed by atoms with van der Waals surface area (Å²) in [6, 6.07) is 19.4. The van der Waals surface area contributed by atoms with Gasteiger partial charge in [0.15, 0.2) is 6.29 Å². The van der Waals surface area contributed by atoms with E-state index >= 15 is 0 Å². The number of aromatic nitrogens is 3. The Balaban J connectivity index is 0.832. The zero-order chi connectivity index (χ0) is 37.4. The van der Waals surface area contributed by atoms with E-state index in [1.165, 1.54) is 29.5 Å². The third-order valence-electron chi connectivity index (χ3n) is 10.8. The van der Waals surface area contributed by atoms with Crippen LogP contribution in [0, 0.1) is 17.6 Å². The van der Waals surface area contributed by atoms with Gasteiger partial charge in [-0.05, 0) is 81.3 Å². The van der Waals surface area contributed by atoms with Gasteiger partial charge in [0.25, 0.3) is 0 Å². The Morgan fingerprint density at radius 3 is 2.22 bits per heavy atom. The third-order valence-corrected chi connectivity index (χ3v) is 10.8. The van der Waals surface area contributed by atoms with Gasteiger partial charge in [0.2, 0.25) is 0 Å². The van der Waals surface area contributed by atoms with Crippen molar-refractivity contribution in [2.45, 2.75) is 63.6 Å². The van der Waals surface area contributed by atoms with Crippen LogP contribution in [0.2, 0.25) is 0 Å². The molecule has 3 aliphatic heterocycles. The van der Waals surface area contributed by atoms with Crippen molar-refractivity contribution in [3.63, 3.8) is 0 Å². The lowest BCUT2D eigenvalue weighted by molar-refractivity contribution is -0.121. The van der Waals surface area contributed by atoms with Crippen molar-refractivity contribution in [1.29, 1.82) is 0 Å². The summed E-state index contributed by atoms with van der Waals surface area (Å²) in [7, 11) is 0. The maximum Gasteiger partial charge on any atom is 0.325 e. The number of benzene rings is 3. The van der Waals surface area contributed by atoms with Crippen molar-refractivity contribution >= 4 is 28.9 Å². The summed E-state index contributed by atoms with van der Waals surface area (Å²) in [6.07, 6.45) is 4.50. The first-order valence-electron chi connectivity index (χ1n) is 18.7. The molecular formula is C40H45F2N7O5. The summed E-state index contributed by atoms with van der Waals surface area (Å²) in [4.78, 5) is 38.4. The van der Waals surface area contributed by atoms with Gasteiger partial charge < -0.3 is 28.9 Å². The van der Waals surface area contributed by atoms with Crippen LogP contribution < -0.4 is 19.4 Å². The van der Waals surface area contributed by atoms with Crippen LogP contribution in [-0.2, 0) is 26.4 Å². The molecule has 1 aliphatic carbocycles. The van der Waals surface area contributed by atoms with E-state index in [1.807, 2.05) is 60.0 Å². The van der Waals surface area contributed by atoms with Crippen molar-refractivity contribution in [1.82, 2.24) is 19.7 Å². The molecule has 284 valence electrons. The molecule has 1 unspecified atom stereocenters. The Morgan fingerprint density at radius 1 is 0.944 bits per heavy atom. The Bertz CT molecular complexity index is 1930. The predicted octanol–water partition coefficient (Wildman–Crippen LogP) is 5.62. The molecule has 1 saturated carbocycles. The molecule has 3 atom stereocenters. The number of hydrogen-bond acceptors (Lipinski definition) is 9. The first kappa shape index (κ1) is 35.9. The molecule has 0 radical (unpaired) electrons. The van der Waals surface area contributed by atoms with Gasteiger partial charge in [-0.3, -0.25) is 9.69 Å². The number of carbonyl (C=O) groups is 2. The first-order chi connectivity index (χ1) is 26.2. The Kier molecular flexibility index (Phi) is 9.97. The number of carbonyl (C=O) groups excluding carboxylic acids is 2. The van der Waals surface area contributed by atoms with E-state index in [0.717, 1.165) is 62.1 Å². The largest absolute Gasteiger partial charge is 0.488 e. The number of Topliss-reactive ketones (excluding diaryl/α,β-unsaturated/α-hetero) is 1. The minimum absolute atomic E-state index is 0.0254. The van der Waals surface area contributed by atoms with E-state index in [4.69, 9.17) is 14.2 Å². The molecule has 3 aromatic carbocycles. The van der Waals surface area contributed by atoms with Crippen molar-refractivity contribution in [3.8, 4) is 5.75 Å². The number of nitrogens with zero attached hydrogens (tertiary/aromatic N) is 7.